The quantitative estimate of drug-likeness (QED) is 0.151. The molecule has 0 fully saturated rings. The van der Waals surface area contributed by atoms with Crippen LogP contribution < -0.4 is 0 Å². The highest BCUT2D eigenvalue weighted by molar-refractivity contribution is 5.69. The van der Waals surface area contributed by atoms with Crippen LogP contribution in [0.2, 0.25) is 0 Å². The summed E-state index contributed by atoms with van der Waals surface area (Å²) < 4.78 is 11.8. The van der Waals surface area contributed by atoms with Gasteiger partial charge in [-0.2, -0.15) is 0 Å². The van der Waals surface area contributed by atoms with Gasteiger partial charge < -0.3 is 9.47 Å². The average Bonchev–Trinajstić information content (AvgIpc) is 2.94. The van der Waals surface area contributed by atoms with Gasteiger partial charge >= 0.3 is 11.9 Å². The van der Waals surface area contributed by atoms with Crippen molar-refractivity contribution in [2.45, 2.75) is 193 Å². The molecule has 0 spiro atoms. The fourth-order valence-corrected chi connectivity index (χ4v) is 5.39. The van der Waals surface area contributed by atoms with Gasteiger partial charge in [0, 0.05) is 25.7 Å². The van der Waals surface area contributed by atoms with E-state index >= 15 is 0 Å². The van der Waals surface area contributed by atoms with Crippen LogP contribution in [0.5, 0.6) is 0 Å². The first-order chi connectivity index (χ1) is 19.7. The van der Waals surface area contributed by atoms with Gasteiger partial charge in [0.2, 0.25) is 0 Å². The number of rotatable bonds is 10. The van der Waals surface area contributed by atoms with Crippen LogP contribution in [0, 0.1) is 0 Å². The summed E-state index contributed by atoms with van der Waals surface area (Å²) in [5, 5.41) is 0. The van der Waals surface area contributed by atoms with Crippen molar-refractivity contribution in [1.29, 1.82) is 0 Å². The molecule has 1 rings (SSSR count). The Hall–Kier alpha value is -1.58. The van der Waals surface area contributed by atoms with E-state index in [4.69, 9.17) is 9.47 Å². The van der Waals surface area contributed by atoms with Gasteiger partial charge in [-0.05, 0) is 64.2 Å². The maximum Gasteiger partial charge on any atom is 0.306 e. The molecule has 0 amide bonds. The zero-order valence-corrected chi connectivity index (χ0v) is 26.5. The van der Waals surface area contributed by atoms with Crippen LogP contribution in [0.25, 0.3) is 0 Å². The van der Waals surface area contributed by atoms with Crippen molar-refractivity contribution in [2.75, 3.05) is 0 Å². The predicted octanol–water partition coefficient (Wildman–Crippen LogP) is 11.1. The van der Waals surface area contributed by atoms with Gasteiger partial charge in [0.25, 0.3) is 0 Å². The van der Waals surface area contributed by atoms with Crippen LogP contribution in [0.3, 0.4) is 0 Å². The second kappa shape index (κ2) is 27.6. The highest BCUT2D eigenvalue weighted by Crippen LogP contribution is 2.17. The molecule has 0 aromatic heterocycles. The smallest absolute Gasteiger partial charge is 0.306 e. The summed E-state index contributed by atoms with van der Waals surface area (Å²) in [6, 6.07) is 0. The van der Waals surface area contributed by atoms with Crippen molar-refractivity contribution in [3.63, 3.8) is 0 Å². The largest absolute Gasteiger partial charge is 0.462 e. The van der Waals surface area contributed by atoms with Gasteiger partial charge in [-0.25, -0.2) is 0 Å². The predicted molar refractivity (Wildman–Crippen MR) is 169 cm³/mol. The molecule has 0 saturated heterocycles. The molecule has 0 aromatic carbocycles. The first kappa shape index (κ1) is 36.4. The van der Waals surface area contributed by atoms with Gasteiger partial charge in [0.05, 0.1) is 0 Å². The topological polar surface area (TPSA) is 52.6 Å². The molecule has 4 heteroatoms. The number of unbranched alkanes of at least 4 members (excludes halogenated alkanes) is 6. The Kier molecular flexibility index (Phi) is 25.1. The van der Waals surface area contributed by atoms with E-state index in [1.54, 1.807) is 0 Å². The number of ether oxygens (including phenoxy) is 2. The molecule has 4 nitrogen and oxygen atoms in total. The minimum atomic E-state index is -0.0109. The summed E-state index contributed by atoms with van der Waals surface area (Å²) in [6.07, 6.45) is 36.7. The van der Waals surface area contributed by atoms with E-state index in [-0.39, 0.29) is 24.1 Å². The van der Waals surface area contributed by atoms with Crippen LogP contribution in [0.15, 0.2) is 24.3 Å². The van der Waals surface area contributed by atoms with E-state index < -0.39 is 0 Å². The monoisotopic (exact) mass is 560 g/mol. The van der Waals surface area contributed by atoms with Crippen LogP contribution >= 0.6 is 0 Å². The maximum atomic E-state index is 12.5. The minimum Gasteiger partial charge on any atom is -0.462 e. The summed E-state index contributed by atoms with van der Waals surface area (Å²) >= 11 is 0. The van der Waals surface area contributed by atoms with Crippen molar-refractivity contribution < 1.29 is 19.1 Å². The molecule has 0 radical (unpaired) electrons. The highest BCUT2D eigenvalue weighted by Gasteiger charge is 2.14. The van der Waals surface area contributed by atoms with E-state index in [9.17, 15) is 9.59 Å². The number of allylic oxidation sites excluding steroid dienone is 2. The molecule has 1 heterocycles. The van der Waals surface area contributed by atoms with Gasteiger partial charge in [0.15, 0.2) is 0 Å². The Bertz CT molecular complexity index is 597. The van der Waals surface area contributed by atoms with Crippen LogP contribution in [0.4, 0.5) is 0 Å². The van der Waals surface area contributed by atoms with E-state index in [2.05, 4.69) is 38.2 Å². The third-order valence-electron chi connectivity index (χ3n) is 7.99. The standard InChI is InChI=1S/C36H64O4/c1-3-5-7-21-27-33-29-23-17-13-9-11-16-20-26-32-36(38)40-34(28-22-8-6-4-2)30-24-18-14-10-12-15-19-25-31-35(37)39-33/h17-18,23-24,33-34H,3-16,19-22,25-32H2,1-2H3/b23-17-,24-18+. The zero-order chi connectivity index (χ0) is 28.9. The molecular formula is C36H64O4. The number of cyclic esters (lactones) is 2. The first-order valence-corrected chi connectivity index (χ1v) is 17.3. The SMILES string of the molecule is CCCCCCC1C/C=C\CCCCCCCC(=O)OC(CCCCCC)C/C=C/CCCCCCCC(=O)O1. The molecule has 1 aliphatic heterocycles. The molecule has 232 valence electrons. The molecule has 2 unspecified atom stereocenters. The lowest BCUT2D eigenvalue weighted by Crippen LogP contribution is -2.17. The van der Waals surface area contributed by atoms with Crippen molar-refractivity contribution in [1.82, 2.24) is 0 Å². The Morgan fingerprint density at radius 2 is 0.925 bits per heavy atom. The fraction of sp³-hybridized carbons (Fsp3) is 0.833. The van der Waals surface area contributed by atoms with Gasteiger partial charge in [-0.15, -0.1) is 0 Å². The minimum absolute atomic E-state index is 0.0109. The van der Waals surface area contributed by atoms with Crippen LogP contribution in [0.1, 0.15) is 181 Å². The first-order valence-electron chi connectivity index (χ1n) is 17.3. The number of carbonyl (C=O) groups is 2. The van der Waals surface area contributed by atoms with Crippen molar-refractivity contribution in [2.24, 2.45) is 0 Å². The average molecular weight is 561 g/mol. The molecule has 0 aromatic rings. The van der Waals surface area contributed by atoms with Crippen LogP contribution in [-0.4, -0.2) is 24.1 Å². The second-order valence-electron chi connectivity index (χ2n) is 11.9. The van der Waals surface area contributed by atoms with E-state index in [0.29, 0.717) is 12.8 Å². The molecule has 0 saturated carbocycles. The van der Waals surface area contributed by atoms with Gasteiger partial charge in [-0.1, -0.05) is 115 Å². The summed E-state index contributed by atoms with van der Waals surface area (Å²) in [6.45, 7) is 4.46. The summed E-state index contributed by atoms with van der Waals surface area (Å²) in [4.78, 5) is 25.0. The normalized spacial score (nSPS) is 24.1. The Labute approximate surface area is 248 Å². The number of carbonyl (C=O) groups excluding carboxylic acids is 2. The molecule has 2 atom stereocenters. The molecule has 0 N–H and O–H groups in total. The van der Waals surface area contributed by atoms with Gasteiger partial charge in [0.1, 0.15) is 12.2 Å². The lowest BCUT2D eigenvalue weighted by molar-refractivity contribution is -0.150. The molecule has 0 aliphatic carbocycles. The van der Waals surface area contributed by atoms with Crippen LogP contribution in [-0.2, 0) is 19.1 Å². The fourth-order valence-electron chi connectivity index (χ4n) is 5.39. The Balaban J connectivity index is 2.54. The molecule has 1 aliphatic rings. The summed E-state index contributed by atoms with van der Waals surface area (Å²) in [5.74, 6) is -0.0218. The van der Waals surface area contributed by atoms with Crippen molar-refractivity contribution in [3.8, 4) is 0 Å². The van der Waals surface area contributed by atoms with E-state index in [1.165, 1.54) is 77.0 Å². The third-order valence-corrected chi connectivity index (χ3v) is 7.99. The van der Waals surface area contributed by atoms with E-state index in [0.717, 1.165) is 77.0 Å². The lowest BCUT2D eigenvalue weighted by atomic mass is 10.0. The zero-order valence-electron chi connectivity index (χ0n) is 26.5. The highest BCUT2D eigenvalue weighted by atomic mass is 16.5. The van der Waals surface area contributed by atoms with Crippen molar-refractivity contribution in [3.05, 3.63) is 24.3 Å². The van der Waals surface area contributed by atoms with E-state index in [1.807, 2.05) is 0 Å². The number of hydrogen-bond donors (Lipinski definition) is 0. The molecule has 40 heavy (non-hydrogen) atoms. The molecule has 0 bridgehead atoms. The maximum absolute atomic E-state index is 12.5. The Morgan fingerprint density at radius 1 is 0.525 bits per heavy atom. The summed E-state index contributed by atoms with van der Waals surface area (Å²) in [5.41, 5.74) is 0. The Morgan fingerprint density at radius 3 is 1.35 bits per heavy atom. The summed E-state index contributed by atoms with van der Waals surface area (Å²) in [7, 11) is 0. The number of hydrogen-bond acceptors (Lipinski definition) is 4. The third kappa shape index (κ3) is 23.2. The number of esters is 2. The molecular weight excluding hydrogens is 496 g/mol. The van der Waals surface area contributed by atoms with Crippen molar-refractivity contribution >= 4 is 11.9 Å². The second-order valence-corrected chi connectivity index (χ2v) is 11.9. The van der Waals surface area contributed by atoms with Gasteiger partial charge in [-0.3, -0.25) is 9.59 Å². The lowest BCUT2D eigenvalue weighted by Gasteiger charge is -2.17.